The zero-order chi connectivity index (χ0) is 14.8. The van der Waals surface area contributed by atoms with Gasteiger partial charge >= 0.3 is 0 Å². The molecule has 0 saturated heterocycles. The molecule has 1 aromatic carbocycles. The minimum absolute atomic E-state index is 0.499. The van der Waals surface area contributed by atoms with E-state index in [1.54, 1.807) is 24.7 Å². The lowest BCUT2D eigenvalue weighted by molar-refractivity contribution is 1.15. The van der Waals surface area contributed by atoms with Crippen molar-refractivity contribution in [2.75, 3.05) is 5.32 Å². The van der Waals surface area contributed by atoms with Crippen LogP contribution in [0.15, 0.2) is 61.1 Å². The van der Waals surface area contributed by atoms with Crippen LogP contribution in [0.4, 0.5) is 11.8 Å². The monoisotopic (exact) mass is 288 g/mol. The third-order valence-corrected chi connectivity index (χ3v) is 3.25. The smallest absolute Gasteiger partial charge is 0.228 e. The molecule has 0 saturated carbocycles. The van der Waals surface area contributed by atoms with Crippen LogP contribution in [0.5, 0.6) is 0 Å². The van der Waals surface area contributed by atoms with Gasteiger partial charge in [0.2, 0.25) is 5.95 Å². The highest BCUT2D eigenvalue weighted by molar-refractivity contribution is 5.82. The third kappa shape index (κ3) is 2.26. The second-order valence-corrected chi connectivity index (χ2v) is 4.70. The SMILES string of the molecule is c1cnc(Nc2ncccc2-c2nc3ccccc3[nH]2)nc1. The number of fused-ring (bicyclic) bond motifs is 1. The molecule has 3 heterocycles. The van der Waals surface area contributed by atoms with E-state index in [0.717, 1.165) is 22.4 Å². The zero-order valence-corrected chi connectivity index (χ0v) is 11.6. The van der Waals surface area contributed by atoms with Crippen molar-refractivity contribution in [1.29, 1.82) is 0 Å². The Hall–Kier alpha value is -3.28. The third-order valence-electron chi connectivity index (χ3n) is 3.25. The van der Waals surface area contributed by atoms with Crippen LogP contribution < -0.4 is 5.32 Å². The maximum atomic E-state index is 4.61. The highest BCUT2D eigenvalue weighted by atomic mass is 15.1. The van der Waals surface area contributed by atoms with E-state index in [-0.39, 0.29) is 0 Å². The van der Waals surface area contributed by atoms with Crippen molar-refractivity contribution in [1.82, 2.24) is 24.9 Å². The number of benzene rings is 1. The normalized spacial score (nSPS) is 10.7. The number of pyridine rings is 1. The molecule has 0 bridgehead atoms. The van der Waals surface area contributed by atoms with Crippen molar-refractivity contribution < 1.29 is 0 Å². The lowest BCUT2D eigenvalue weighted by atomic mass is 10.2. The first kappa shape index (κ1) is 12.5. The number of anilines is 2. The molecule has 0 atom stereocenters. The van der Waals surface area contributed by atoms with Crippen molar-refractivity contribution in [3.63, 3.8) is 0 Å². The Morgan fingerprint density at radius 2 is 1.64 bits per heavy atom. The van der Waals surface area contributed by atoms with Crippen LogP contribution in [0.2, 0.25) is 0 Å². The summed E-state index contributed by atoms with van der Waals surface area (Å²) in [7, 11) is 0. The Morgan fingerprint density at radius 1 is 0.818 bits per heavy atom. The van der Waals surface area contributed by atoms with Crippen LogP contribution in [0.1, 0.15) is 0 Å². The summed E-state index contributed by atoms with van der Waals surface area (Å²) < 4.78 is 0. The van der Waals surface area contributed by atoms with Crippen LogP contribution in [0.3, 0.4) is 0 Å². The van der Waals surface area contributed by atoms with E-state index in [1.807, 2.05) is 36.4 Å². The van der Waals surface area contributed by atoms with Gasteiger partial charge in [-0.15, -0.1) is 0 Å². The van der Waals surface area contributed by atoms with Gasteiger partial charge in [0.1, 0.15) is 11.6 Å². The van der Waals surface area contributed by atoms with E-state index in [0.29, 0.717) is 11.8 Å². The second-order valence-electron chi connectivity index (χ2n) is 4.70. The molecule has 0 fully saturated rings. The van der Waals surface area contributed by atoms with Crippen LogP contribution in [0.25, 0.3) is 22.4 Å². The first-order valence-corrected chi connectivity index (χ1v) is 6.84. The second kappa shape index (κ2) is 5.25. The van der Waals surface area contributed by atoms with Gasteiger partial charge in [-0.1, -0.05) is 12.1 Å². The van der Waals surface area contributed by atoms with Crippen molar-refractivity contribution in [2.24, 2.45) is 0 Å². The van der Waals surface area contributed by atoms with Crippen molar-refractivity contribution in [2.45, 2.75) is 0 Å². The summed E-state index contributed by atoms with van der Waals surface area (Å²) >= 11 is 0. The maximum Gasteiger partial charge on any atom is 0.228 e. The summed E-state index contributed by atoms with van der Waals surface area (Å²) in [5.74, 6) is 1.92. The lowest BCUT2D eigenvalue weighted by Crippen LogP contribution is -2.00. The fourth-order valence-electron chi connectivity index (χ4n) is 2.25. The molecule has 6 nitrogen and oxygen atoms in total. The Labute approximate surface area is 126 Å². The number of nitrogens with one attached hydrogen (secondary N) is 2. The number of H-pyrrole nitrogens is 1. The molecule has 4 rings (SSSR count). The largest absolute Gasteiger partial charge is 0.338 e. The van der Waals surface area contributed by atoms with E-state index >= 15 is 0 Å². The van der Waals surface area contributed by atoms with Gasteiger partial charge in [0.15, 0.2) is 0 Å². The number of hydrogen-bond acceptors (Lipinski definition) is 5. The molecular weight excluding hydrogens is 276 g/mol. The molecule has 0 spiro atoms. The summed E-state index contributed by atoms with van der Waals surface area (Å²) in [6.45, 7) is 0. The average molecular weight is 288 g/mol. The van der Waals surface area contributed by atoms with Gasteiger partial charge in [0.05, 0.1) is 16.6 Å². The van der Waals surface area contributed by atoms with Gasteiger partial charge in [-0.3, -0.25) is 0 Å². The van der Waals surface area contributed by atoms with Crippen molar-refractivity contribution >= 4 is 22.8 Å². The topological polar surface area (TPSA) is 79.4 Å². The summed E-state index contributed by atoms with van der Waals surface area (Å²) in [5.41, 5.74) is 2.78. The molecule has 0 radical (unpaired) electrons. The van der Waals surface area contributed by atoms with Crippen LogP contribution >= 0.6 is 0 Å². The number of aromatic amines is 1. The minimum Gasteiger partial charge on any atom is -0.338 e. The first-order chi connectivity index (χ1) is 10.9. The zero-order valence-electron chi connectivity index (χ0n) is 11.6. The first-order valence-electron chi connectivity index (χ1n) is 6.84. The summed E-state index contributed by atoms with van der Waals surface area (Å²) in [6, 6.07) is 13.5. The average Bonchev–Trinajstić information content (AvgIpc) is 3.00. The molecule has 0 unspecified atom stereocenters. The highest BCUT2D eigenvalue weighted by Gasteiger charge is 2.11. The van der Waals surface area contributed by atoms with Crippen molar-refractivity contribution in [3.05, 3.63) is 61.1 Å². The number of hydrogen-bond donors (Lipinski definition) is 2. The molecule has 22 heavy (non-hydrogen) atoms. The minimum atomic E-state index is 0.499. The van der Waals surface area contributed by atoms with E-state index in [2.05, 4.69) is 30.2 Å². The molecule has 6 heteroatoms. The van der Waals surface area contributed by atoms with Gasteiger partial charge < -0.3 is 10.3 Å². The molecular formula is C16H12N6. The molecule has 0 amide bonds. The van der Waals surface area contributed by atoms with Crippen LogP contribution in [0, 0.1) is 0 Å². The Morgan fingerprint density at radius 3 is 2.50 bits per heavy atom. The van der Waals surface area contributed by atoms with Gasteiger partial charge in [0, 0.05) is 18.6 Å². The van der Waals surface area contributed by atoms with E-state index in [9.17, 15) is 0 Å². The highest BCUT2D eigenvalue weighted by Crippen LogP contribution is 2.26. The molecule has 2 N–H and O–H groups in total. The molecule has 106 valence electrons. The Balaban J connectivity index is 1.78. The number of nitrogens with zero attached hydrogens (tertiary/aromatic N) is 4. The molecule has 0 aliphatic rings. The number of para-hydroxylation sites is 2. The predicted molar refractivity (Wildman–Crippen MR) is 84.6 cm³/mol. The number of aromatic nitrogens is 5. The Kier molecular flexibility index (Phi) is 2.97. The van der Waals surface area contributed by atoms with Gasteiger partial charge in [-0.2, -0.15) is 0 Å². The molecule has 3 aromatic heterocycles. The number of rotatable bonds is 3. The van der Waals surface area contributed by atoms with Gasteiger partial charge in [0.25, 0.3) is 0 Å². The fourth-order valence-corrected chi connectivity index (χ4v) is 2.25. The van der Waals surface area contributed by atoms with Crippen LogP contribution in [-0.4, -0.2) is 24.9 Å². The van der Waals surface area contributed by atoms with Crippen molar-refractivity contribution in [3.8, 4) is 11.4 Å². The summed E-state index contributed by atoms with van der Waals surface area (Å²) in [4.78, 5) is 20.6. The quantitative estimate of drug-likeness (QED) is 0.605. The molecule has 0 aliphatic carbocycles. The molecule has 0 aliphatic heterocycles. The number of imidazole rings is 1. The van der Waals surface area contributed by atoms with Gasteiger partial charge in [-0.05, 0) is 30.3 Å². The van der Waals surface area contributed by atoms with E-state index in [1.165, 1.54) is 0 Å². The maximum absolute atomic E-state index is 4.61. The summed E-state index contributed by atoms with van der Waals surface area (Å²) in [5, 5.41) is 3.12. The van der Waals surface area contributed by atoms with E-state index in [4.69, 9.17) is 0 Å². The Bertz CT molecular complexity index is 883. The molecule has 4 aromatic rings. The van der Waals surface area contributed by atoms with Gasteiger partial charge in [-0.25, -0.2) is 19.9 Å². The van der Waals surface area contributed by atoms with E-state index < -0.39 is 0 Å². The van der Waals surface area contributed by atoms with Crippen LogP contribution in [-0.2, 0) is 0 Å². The fraction of sp³-hybridized carbons (Fsp3) is 0. The summed E-state index contributed by atoms with van der Waals surface area (Å²) in [6.07, 6.45) is 5.08. The predicted octanol–water partition coefficient (Wildman–Crippen LogP) is 3.16. The standard InChI is InChI=1S/C16H12N6/c1-2-7-13-12(6-1)20-15(21-13)11-5-3-8-17-14(11)22-16-18-9-4-10-19-16/h1-10H,(H,20,21)(H,17,18,19,22). The lowest BCUT2D eigenvalue weighted by Gasteiger charge is -2.07.